The van der Waals surface area contributed by atoms with Crippen molar-refractivity contribution in [1.29, 1.82) is 0 Å². The highest BCUT2D eigenvalue weighted by molar-refractivity contribution is 9.10. The first kappa shape index (κ1) is 9.17. The summed E-state index contributed by atoms with van der Waals surface area (Å²) in [6.07, 6.45) is 1.06. The average molecular weight is 259 g/mol. The van der Waals surface area contributed by atoms with Gasteiger partial charge in [-0.15, -0.1) is 0 Å². The Morgan fingerprint density at radius 2 is 1.87 bits per heavy atom. The lowest BCUT2D eigenvalue weighted by Crippen LogP contribution is -1.84. The van der Waals surface area contributed by atoms with Gasteiger partial charge in [-0.05, 0) is 47.2 Å². The molecule has 3 rings (SSSR count). The highest BCUT2D eigenvalue weighted by Crippen LogP contribution is 2.40. The number of rotatable bonds is 0. The fourth-order valence-corrected chi connectivity index (χ4v) is 3.03. The van der Waals surface area contributed by atoms with Crippen LogP contribution in [0.5, 0.6) is 0 Å². The monoisotopic (exact) mass is 258 g/mol. The first-order valence-electron chi connectivity index (χ1n) is 5.13. The largest absolute Gasteiger partial charge is 0.0619 e. The smallest absolute Gasteiger partial charge is 0.0219 e. The standard InChI is InChI=1S/C14H11Br/c1-9-6-12-11-5-3-2-4-10(11)8-13(12)14(15)7-9/h2-7H,8H2,1H3. The Kier molecular flexibility index (Phi) is 1.96. The third-order valence-electron chi connectivity index (χ3n) is 3.01. The van der Waals surface area contributed by atoms with Crippen molar-refractivity contribution in [2.24, 2.45) is 0 Å². The van der Waals surface area contributed by atoms with Gasteiger partial charge >= 0.3 is 0 Å². The number of hydrogen-bond acceptors (Lipinski definition) is 0. The van der Waals surface area contributed by atoms with Gasteiger partial charge in [0.1, 0.15) is 0 Å². The fourth-order valence-electron chi connectivity index (χ4n) is 2.32. The van der Waals surface area contributed by atoms with Crippen LogP contribution in [0.3, 0.4) is 0 Å². The van der Waals surface area contributed by atoms with E-state index in [1.165, 1.54) is 32.3 Å². The number of halogens is 1. The summed E-state index contributed by atoms with van der Waals surface area (Å²) in [7, 11) is 0. The van der Waals surface area contributed by atoms with E-state index in [1.54, 1.807) is 0 Å². The number of fused-ring (bicyclic) bond motifs is 3. The van der Waals surface area contributed by atoms with Gasteiger partial charge in [-0.25, -0.2) is 0 Å². The fraction of sp³-hybridized carbons (Fsp3) is 0.143. The molecule has 74 valence electrons. The molecule has 1 aliphatic carbocycles. The van der Waals surface area contributed by atoms with Crippen LogP contribution in [0.25, 0.3) is 11.1 Å². The van der Waals surface area contributed by atoms with E-state index in [0.717, 1.165) is 6.42 Å². The highest BCUT2D eigenvalue weighted by Gasteiger charge is 2.19. The zero-order chi connectivity index (χ0) is 10.4. The van der Waals surface area contributed by atoms with E-state index in [9.17, 15) is 0 Å². The summed E-state index contributed by atoms with van der Waals surface area (Å²) in [5.74, 6) is 0. The molecule has 0 aliphatic heterocycles. The maximum absolute atomic E-state index is 3.66. The lowest BCUT2D eigenvalue weighted by Gasteiger charge is -2.04. The summed E-state index contributed by atoms with van der Waals surface area (Å²) in [5, 5.41) is 0. The van der Waals surface area contributed by atoms with Crippen molar-refractivity contribution < 1.29 is 0 Å². The quantitative estimate of drug-likeness (QED) is 0.563. The van der Waals surface area contributed by atoms with Crippen LogP contribution in [0.1, 0.15) is 16.7 Å². The normalized spacial score (nSPS) is 12.4. The summed E-state index contributed by atoms with van der Waals surface area (Å²) in [5.41, 5.74) is 6.99. The third kappa shape index (κ3) is 1.34. The molecule has 2 aromatic carbocycles. The maximum Gasteiger partial charge on any atom is 0.0219 e. The predicted octanol–water partition coefficient (Wildman–Crippen LogP) is 4.33. The summed E-state index contributed by atoms with van der Waals surface area (Å²) < 4.78 is 1.24. The topological polar surface area (TPSA) is 0 Å². The van der Waals surface area contributed by atoms with E-state index < -0.39 is 0 Å². The van der Waals surface area contributed by atoms with E-state index in [-0.39, 0.29) is 0 Å². The van der Waals surface area contributed by atoms with Crippen LogP contribution in [0.2, 0.25) is 0 Å². The van der Waals surface area contributed by atoms with Gasteiger partial charge in [0.2, 0.25) is 0 Å². The SMILES string of the molecule is Cc1cc(Br)c2c(c1)-c1ccccc1C2. The van der Waals surface area contributed by atoms with Gasteiger partial charge in [0, 0.05) is 4.47 Å². The zero-order valence-corrected chi connectivity index (χ0v) is 10.1. The van der Waals surface area contributed by atoms with E-state index in [0.29, 0.717) is 0 Å². The molecule has 0 saturated carbocycles. The number of aryl methyl sites for hydroxylation is 1. The van der Waals surface area contributed by atoms with Crippen LogP contribution in [0.15, 0.2) is 40.9 Å². The van der Waals surface area contributed by atoms with E-state index in [1.807, 2.05) is 0 Å². The van der Waals surface area contributed by atoms with Crippen LogP contribution >= 0.6 is 15.9 Å². The molecule has 0 N–H and O–H groups in total. The molecule has 1 aliphatic rings. The Hall–Kier alpha value is -1.08. The van der Waals surface area contributed by atoms with Gasteiger partial charge in [0.05, 0.1) is 0 Å². The lowest BCUT2D eigenvalue weighted by atomic mass is 10.0. The second-order valence-electron chi connectivity index (χ2n) is 4.11. The van der Waals surface area contributed by atoms with Crippen molar-refractivity contribution in [2.75, 3.05) is 0 Å². The van der Waals surface area contributed by atoms with E-state index in [2.05, 4.69) is 59.3 Å². The van der Waals surface area contributed by atoms with Gasteiger partial charge in [-0.2, -0.15) is 0 Å². The molecule has 15 heavy (non-hydrogen) atoms. The highest BCUT2D eigenvalue weighted by atomic mass is 79.9. The molecule has 2 aromatic rings. The Labute approximate surface area is 98.1 Å². The average Bonchev–Trinajstić information content (AvgIpc) is 2.57. The Morgan fingerprint density at radius 3 is 2.73 bits per heavy atom. The number of benzene rings is 2. The van der Waals surface area contributed by atoms with Crippen molar-refractivity contribution in [3.63, 3.8) is 0 Å². The summed E-state index contributed by atoms with van der Waals surface area (Å²) in [4.78, 5) is 0. The molecule has 0 fully saturated rings. The minimum Gasteiger partial charge on any atom is -0.0619 e. The summed E-state index contributed by atoms with van der Waals surface area (Å²) >= 11 is 3.66. The van der Waals surface area contributed by atoms with Crippen molar-refractivity contribution in [1.82, 2.24) is 0 Å². The van der Waals surface area contributed by atoms with E-state index >= 15 is 0 Å². The molecule has 0 bridgehead atoms. The molecule has 0 aromatic heterocycles. The minimum atomic E-state index is 1.06. The maximum atomic E-state index is 3.66. The zero-order valence-electron chi connectivity index (χ0n) is 8.55. The molecular formula is C14H11Br. The molecule has 0 saturated heterocycles. The molecule has 0 spiro atoms. The van der Waals surface area contributed by atoms with Gasteiger partial charge in [-0.3, -0.25) is 0 Å². The second kappa shape index (κ2) is 3.21. The van der Waals surface area contributed by atoms with Crippen molar-refractivity contribution in [3.8, 4) is 11.1 Å². The lowest BCUT2D eigenvalue weighted by molar-refractivity contribution is 1.24. The molecule has 0 atom stereocenters. The Balaban J connectivity index is 2.33. The van der Waals surface area contributed by atoms with Crippen molar-refractivity contribution in [2.45, 2.75) is 13.3 Å². The van der Waals surface area contributed by atoms with E-state index in [4.69, 9.17) is 0 Å². The van der Waals surface area contributed by atoms with Crippen molar-refractivity contribution in [3.05, 3.63) is 57.6 Å². The van der Waals surface area contributed by atoms with Crippen molar-refractivity contribution >= 4 is 15.9 Å². The van der Waals surface area contributed by atoms with Crippen LogP contribution in [-0.2, 0) is 6.42 Å². The number of hydrogen-bond donors (Lipinski definition) is 0. The van der Waals surface area contributed by atoms with Crippen LogP contribution in [0, 0.1) is 6.92 Å². The molecule has 0 unspecified atom stereocenters. The first-order valence-corrected chi connectivity index (χ1v) is 5.92. The third-order valence-corrected chi connectivity index (χ3v) is 3.72. The Bertz CT molecular complexity index is 541. The molecule has 0 radical (unpaired) electrons. The van der Waals surface area contributed by atoms with Gasteiger partial charge in [0.15, 0.2) is 0 Å². The summed E-state index contributed by atoms with van der Waals surface area (Å²) in [6, 6.07) is 13.1. The molecule has 1 heteroatoms. The second-order valence-corrected chi connectivity index (χ2v) is 4.96. The van der Waals surface area contributed by atoms with Crippen LogP contribution in [-0.4, -0.2) is 0 Å². The van der Waals surface area contributed by atoms with Gasteiger partial charge < -0.3 is 0 Å². The van der Waals surface area contributed by atoms with Crippen LogP contribution in [0.4, 0.5) is 0 Å². The summed E-state index contributed by atoms with van der Waals surface area (Å²) in [6.45, 7) is 2.14. The predicted molar refractivity (Wildman–Crippen MR) is 67.1 cm³/mol. The first-order chi connectivity index (χ1) is 7.25. The van der Waals surface area contributed by atoms with Crippen LogP contribution < -0.4 is 0 Å². The Morgan fingerprint density at radius 1 is 1.07 bits per heavy atom. The molecule has 0 nitrogen and oxygen atoms in total. The molecule has 0 heterocycles. The molecular weight excluding hydrogens is 248 g/mol. The minimum absolute atomic E-state index is 1.06. The van der Waals surface area contributed by atoms with Gasteiger partial charge in [-0.1, -0.05) is 46.3 Å². The van der Waals surface area contributed by atoms with Gasteiger partial charge in [0.25, 0.3) is 0 Å². The molecule has 0 amide bonds.